The number of nitrogens with one attached hydrogen (secondary N) is 2. The summed E-state index contributed by atoms with van der Waals surface area (Å²) in [5.41, 5.74) is 2.60. The number of hydrogen-bond donors (Lipinski definition) is 4. The summed E-state index contributed by atoms with van der Waals surface area (Å²) >= 11 is 0. The maximum absolute atomic E-state index is 13.8. The van der Waals surface area contributed by atoms with Crippen molar-refractivity contribution in [1.82, 2.24) is 10.6 Å². The lowest BCUT2D eigenvalue weighted by Gasteiger charge is -2.25. The number of carbonyl (C=O) groups excluding carboxylic acids is 1. The Morgan fingerprint density at radius 1 is 0.947 bits per heavy atom. The van der Waals surface area contributed by atoms with E-state index in [0.717, 1.165) is 30.2 Å². The minimum Gasteiger partial charge on any atom is -0.395 e. The summed E-state index contributed by atoms with van der Waals surface area (Å²) in [4.78, 5) is 12.9. The molecule has 7 nitrogen and oxygen atoms in total. The topological polar surface area (TPSA) is 116 Å². The lowest BCUT2D eigenvalue weighted by atomic mass is 10.00. The van der Waals surface area contributed by atoms with Crippen molar-refractivity contribution in [2.75, 3.05) is 18.9 Å². The molecule has 3 aromatic rings. The summed E-state index contributed by atoms with van der Waals surface area (Å²) in [6.07, 6.45) is -0.260. The molecule has 0 heterocycles. The fourth-order valence-corrected chi connectivity index (χ4v) is 5.06. The van der Waals surface area contributed by atoms with E-state index in [1.165, 1.54) is 29.8 Å². The van der Waals surface area contributed by atoms with Gasteiger partial charge in [0.25, 0.3) is 5.91 Å². The molecular formula is C28H32F2N2O5S. The summed E-state index contributed by atoms with van der Waals surface area (Å²) in [7, 11) is -3.68. The first-order chi connectivity index (χ1) is 18.1. The van der Waals surface area contributed by atoms with Crippen molar-refractivity contribution in [2.45, 2.75) is 43.4 Å². The number of halogens is 2. The largest absolute Gasteiger partial charge is 0.395 e. The fraction of sp³-hybridized carbons (Fsp3) is 0.321. The molecule has 38 heavy (non-hydrogen) atoms. The average molecular weight is 547 g/mol. The molecule has 0 saturated carbocycles. The summed E-state index contributed by atoms with van der Waals surface area (Å²) < 4.78 is 51.8. The summed E-state index contributed by atoms with van der Waals surface area (Å²) in [6.45, 7) is 2.10. The van der Waals surface area contributed by atoms with Crippen LogP contribution < -0.4 is 10.6 Å². The number of hydrogen-bond acceptors (Lipinski definition) is 6. The highest BCUT2D eigenvalue weighted by Gasteiger charge is 2.23. The Morgan fingerprint density at radius 2 is 1.61 bits per heavy atom. The zero-order valence-corrected chi connectivity index (χ0v) is 21.8. The number of aryl methyl sites for hydroxylation is 1. The second kappa shape index (κ2) is 13.6. The molecule has 2 atom stereocenters. The Hall–Kier alpha value is -3.18. The first-order valence-corrected chi connectivity index (χ1v) is 13.9. The normalized spacial score (nSPS) is 13.2. The molecule has 0 radical (unpaired) electrons. The first-order valence-electron chi connectivity index (χ1n) is 12.3. The van der Waals surface area contributed by atoms with Crippen molar-refractivity contribution >= 4 is 15.7 Å². The van der Waals surface area contributed by atoms with Crippen LogP contribution >= 0.6 is 0 Å². The predicted octanol–water partition coefficient (Wildman–Crippen LogP) is 2.79. The van der Waals surface area contributed by atoms with E-state index in [1.54, 1.807) is 0 Å². The third kappa shape index (κ3) is 8.42. The van der Waals surface area contributed by atoms with Gasteiger partial charge in [0.1, 0.15) is 11.6 Å². The van der Waals surface area contributed by atoms with Gasteiger partial charge < -0.3 is 20.8 Å². The Balaban J connectivity index is 1.73. The number of sulfone groups is 1. The Labute approximate surface area is 221 Å². The van der Waals surface area contributed by atoms with Crippen LogP contribution in [0, 0.1) is 11.6 Å². The van der Waals surface area contributed by atoms with Crippen molar-refractivity contribution in [3.63, 3.8) is 0 Å². The van der Waals surface area contributed by atoms with Crippen LogP contribution in [0.15, 0.2) is 71.6 Å². The molecule has 0 saturated heterocycles. The van der Waals surface area contributed by atoms with Crippen LogP contribution in [0.3, 0.4) is 0 Å². The van der Waals surface area contributed by atoms with Gasteiger partial charge in [-0.3, -0.25) is 4.79 Å². The molecule has 0 aliphatic carbocycles. The zero-order chi connectivity index (χ0) is 27.7. The highest BCUT2D eigenvalue weighted by atomic mass is 32.2. The standard InChI is InChI=1S/C28H32F2N2O5S/c1-2-19-4-3-5-20(12-19)17-31-18-27(34)26(15-21-13-23(29)16-24(30)14-21)32-28(35)22-6-8-25(9-7-22)38(36,37)11-10-33/h3-9,12-14,16,26-27,31,33-34H,2,10-11,15,17-18H2,1H3,(H,32,35)/t26-,27-/m0/s1. The minimum atomic E-state index is -3.68. The van der Waals surface area contributed by atoms with Crippen LogP contribution in [0.2, 0.25) is 0 Å². The Morgan fingerprint density at radius 3 is 2.24 bits per heavy atom. The van der Waals surface area contributed by atoms with Gasteiger partial charge in [-0.05, 0) is 65.9 Å². The first kappa shape index (κ1) is 29.4. The third-order valence-electron chi connectivity index (χ3n) is 6.08. The molecule has 0 fully saturated rings. The predicted molar refractivity (Wildman–Crippen MR) is 140 cm³/mol. The number of aliphatic hydroxyl groups is 2. The van der Waals surface area contributed by atoms with Crippen LogP contribution in [0.5, 0.6) is 0 Å². The Kier molecular flexibility index (Phi) is 10.5. The number of amides is 1. The summed E-state index contributed by atoms with van der Waals surface area (Å²) in [5, 5.41) is 25.7. The number of rotatable bonds is 13. The summed E-state index contributed by atoms with van der Waals surface area (Å²) in [5.74, 6) is -2.57. The van der Waals surface area contributed by atoms with E-state index in [4.69, 9.17) is 5.11 Å². The maximum atomic E-state index is 13.8. The van der Waals surface area contributed by atoms with Crippen molar-refractivity contribution in [1.29, 1.82) is 0 Å². The molecule has 4 N–H and O–H groups in total. The molecule has 0 aromatic heterocycles. The molecule has 0 bridgehead atoms. The van der Waals surface area contributed by atoms with E-state index in [9.17, 15) is 27.1 Å². The maximum Gasteiger partial charge on any atom is 0.251 e. The molecule has 1 amide bonds. The van der Waals surface area contributed by atoms with E-state index >= 15 is 0 Å². The van der Waals surface area contributed by atoms with Gasteiger partial charge in [-0.15, -0.1) is 0 Å². The SMILES string of the molecule is CCc1cccc(CNC[C@H](O)[C@H](Cc2cc(F)cc(F)c2)NC(=O)c2ccc(S(=O)(=O)CCO)cc2)c1. The van der Waals surface area contributed by atoms with Crippen molar-refractivity contribution in [2.24, 2.45) is 0 Å². The van der Waals surface area contributed by atoms with Gasteiger partial charge in [0.15, 0.2) is 9.84 Å². The van der Waals surface area contributed by atoms with E-state index in [2.05, 4.69) is 23.6 Å². The van der Waals surface area contributed by atoms with Gasteiger partial charge in [-0.25, -0.2) is 17.2 Å². The average Bonchev–Trinajstić information content (AvgIpc) is 2.88. The van der Waals surface area contributed by atoms with Crippen LogP contribution in [-0.4, -0.2) is 55.6 Å². The van der Waals surface area contributed by atoms with Crippen molar-refractivity contribution in [3.05, 3.63) is 101 Å². The highest BCUT2D eigenvalue weighted by molar-refractivity contribution is 7.91. The molecule has 0 aliphatic rings. The number of aliphatic hydroxyl groups excluding tert-OH is 2. The van der Waals surface area contributed by atoms with Gasteiger partial charge in [0.05, 0.1) is 29.4 Å². The van der Waals surface area contributed by atoms with Gasteiger partial charge in [-0.2, -0.15) is 0 Å². The smallest absolute Gasteiger partial charge is 0.251 e. The highest BCUT2D eigenvalue weighted by Crippen LogP contribution is 2.15. The number of benzene rings is 3. The Bertz CT molecular complexity index is 1310. The molecule has 10 heteroatoms. The van der Waals surface area contributed by atoms with Gasteiger partial charge >= 0.3 is 0 Å². The van der Waals surface area contributed by atoms with Crippen LogP contribution in [0.4, 0.5) is 8.78 Å². The lowest BCUT2D eigenvalue weighted by molar-refractivity contribution is 0.0829. The zero-order valence-electron chi connectivity index (χ0n) is 21.0. The van der Waals surface area contributed by atoms with Crippen LogP contribution in [0.1, 0.15) is 34.0 Å². The molecule has 204 valence electrons. The second-order valence-corrected chi connectivity index (χ2v) is 11.1. The van der Waals surface area contributed by atoms with Crippen molar-refractivity contribution in [3.8, 4) is 0 Å². The molecular weight excluding hydrogens is 514 g/mol. The molecule has 0 unspecified atom stereocenters. The molecule has 0 spiro atoms. The van der Waals surface area contributed by atoms with E-state index in [-0.39, 0.29) is 29.0 Å². The van der Waals surface area contributed by atoms with E-state index in [1.807, 2.05) is 18.2 Å². The molecule has 3 aromatic carbocycles. The van der Waals surface area contributed by atoms with Gasteiger partial charge in [-0.1, -0.05) is 31.2 Å². The molecule has 0 aliphatic heterocycles. The minimum absolute atomic E-state index is 0.0359. The van der Waals surface area contributed by atoms with E-state index < -0.39 is 51.9 Å². The van der Waals surface area contributed by atoms with Gasteiger partial charge in [0.2, 0.25) is 0 Å². The monoisotopic (exact) mass is 546 g/mol. The summed E-state index contributed by atoms with van der Waals surface area (Å²) in [6, 6.07) is 15.3. The van der Waals surface area contributed by atoms with Crippen molar-refractivity contribution < 1.29 is 32.2 Å². The third-order valence-corrected chi connectivity index (χ3v) is 7.79. The van der Waals surface area contributed by atoms with E-state index in [0.29, 0.717) is 6.54 Å². The lowest BCUT2D eigenvalue weighted by Crippen LogP contribution is -2.48. The fourth-order valence-electron chi connectivity index (χ4n) is 4.04. The second-order valence-electron chi connectivity index (χ2n) is 9.00. The van der Waals surface area contributed by atoms with Crippen LogP contribution in [0.25, 0.3) is 0 Å². The molecule has 3 rings (SSSR count). The quantitative estimate of drug-likeness (QED) is 0.262. The van der Waals surface area contributed by atoms with Gasteiger partial charge in [0, 0.05) is 24.7 Å². The van der Waals surface area contributed by atoms with Crippen LogP contribution in [-0.2, 0) is 29.2 Å². The number of carbonyl (C=O) groups is 1.